The zero-order chi connectivity index (χ0) is 20.6. The van der Waals surface area contributed by atoms with Crippen molar-refractivity contribution in [1.82, 2.24) is 4.90 Å². The Kier molecular flexibility index (Phi) is 6.78. The van der Waals surface area contributed by atoms with Crippen molar-refractivity contribution in [1.29, 1.82) is 0 Å². The summed E-state index contributed by atoms with van der Waals surface area (Å²) in [6.07, 6.45) is 1.84. The summed E-state index contributed by atoms with van der Waals surface area (Å²) in [5.41, 5.74) is 0.325. The first kappa shape index (κ1) is 20.3. The number of likely N-dealkylation sites (tertiary alicyclic amines) is 1. The number of nitro benzene ring substituents is 1. The van der Waals surface area contributed by atoms with Gasteiger partial charge in [-0.1, -0.05) is 42.5 Å². The fraction of sp³-hybridized carbons (Fsp3) is 0.333. The minimum Gasteiger partial charge on any atom is -0.475 e. The fourth-order valence-electron chi connectivity index (χ4n) is 3.20. The minimum absolute atomic E-state index is 0.0342. The monoisotopic (exact) mass is 398 g/mol. The maximum atomic E-state index is 13.0. The largest absolute Gasteiger partial charge is 0.475 e. The van der Waals surface area contributed by atoms with Gasteiger partial charge in [0.25, 0.3) is 5.91 Å². The molecule has 29 heavy (non-hydrogen) atoms. The van der Waals surface area contributed by atoms with Gasteiger partial charge in [-0.3, -0.25) is 14.9 Å². The Bertz CT molecular complexity index is 864. The molecule has 1 amide bonds. The molecule has 0 aliphatic carbocycles. The quantitative estimate of drug-likeness (QED) is 0.403. The van der Waals surface area contributed by atoms with Crippen LogP contribution in [0.2, 0.25) is 0 Å². The third-order valence-corrected chi connectivity index (χ3v) is 4.65. The number of ether oxygens (including phenoxy) is 2. The Morgan fingerprint density at radius 3 is 2.34 bits per heavy atom. The Morgan fingerprint density at radius 2 is 1.66 bits per heavy atom. The molecule has 2 aromatic carbocycles. The van der Waals surface area contributed by atoms with Crippen molar-refractivity contribution in [3.8, 4) is 5.75 Å². The van der Waals surface area contributed by atoms with Crippen LogP contribution in [0.3, 0.4) is 0 Å². The van der Waals surface area contributed by atoms with Crippen molar-refractivity contribution < 1.29 is 24.0 Å². The van der Waals surface area contributed by atoms with E-state index in [2.05, 4.69) is 0 Å². The summed E-state index contributed by atoms with van der Waals surface area (Å²) in [5, 5.41) is 11.1. The molecule has 1 atom stereocenters. The Balaban J connectivity index is 1.70. The lowest BCUT2D eigenvalue weighted by atomic mass is 10.1. The lowest BCUT2D eigenvalue weighted by molar-refractivity contribution is -0.385. The number of piperidine rings is 1. The highest BCUT2D eigenvalue weighted by atomic mass is 16.6. The van der Waals surface area contributed by atoms with Gasteiger partial charge >= 0.3 is 11.7 Å². The molecular weight excluding hydrogens is 376 g/mol. The molecule has 1 unspecified atom stereocenters. The molecule has 0 bridgehead atoms. The van der Waals surface area contributed by atoms with E-state index in [4.69, 9.17) is 9.47 Å². The molecule has 1 aliphatic heterocycles. The molecule has 0 radical (unpaired) electrons. The average Bonchev–Trinajstić information content (AvgIpc) is 2.77. The van der Waals surface area contributed by atoms with Gasteiger partial charge in [0.1, 0.15) is 0 Å². The third kappa shape index (κ3) is 5.31. The maximum Gasteiger partial charge on any atom is 0.345 e. The summed E-state index contributed by atoms with van der Waals surface area (Å²) in [4.78, 5) is 37.5. The summed E-state index contributed by atoms with van der Waals surface area (Å²) in [5.74, 6) is -1.08. The van der Waals surface area contributed by atoms with Crippen molar-refractivity contribution in [2.45, 2.75) is 25.4 Å². The molecule has 0 aromatic heterocycles. The van der Waals surface area contributed by atoms with Crippen LogP contribution in [0.15, 0.2) is 54.6 Å². The predicted molar refractivity (Wildman–Crippen MR) is 104 cm³/mol. The lowest BCUT2D eigenvalue weighted by Crippen LogP contribution is -2.40. The second-order valence-electron chi connectivity index (χ2n) is 6.68. The number of hydrogen-bond acceptors (Lipinski definition) is 6. The van der Waals surface area contributed by atoms with Crippen LogP contribution in [-0.2, 0) is 14.3 Å². The van der Waals surface area contributed by atoms with E-state index in [0.717, 1.165) is 19.3 Å². The molecule has 8 nitrogen and oxygen atoms in total. The summed E-state index contributed by atoms with van der Waals surface area (Å²) in [7, 11) is 0. The Morgan fingerprint density at radius 1 is 1.00 bits per heavy atom. The second-order valence-corrected chi connectivity index (χ2v) is 6.68. The minimum atomic E-state index is -1.07. The van der Waals surface area contributed by atoms with E-state index in [9.17, 15) is 19.7 Å². The van der Waals surface area contributed by atoms with Crippen molar-refractivity contribution >= 4 is 17.6 Å². The average molecular weight is 398 g/mol. The van der Waals surface area contributed by atoms with Crippen LogP contribution in [-0.4, -0.2) is 41.4 Å². The van der Waals surface area contributed by atoms with Crippen molar-refractivity contribution in [3.05, 3.63) is 70.3 Å². The van der Waals surface area contributed by atoms with Gasteiger partial charge < -0.3 is 14.4 Å². The van der Waals surface area contributed by atoms with Crippen LogP contribution in [0.5, 0.6) is 5.75 Å². The van der Waals surface area contributed by atoms with Crippen LogP contribution in [0.4, 0.5) is 5.69 Å². The van der Waals surface area contributed by atoms with Gasteiger partial charge in [-0.25, -0.2) is 4.79 Å². The molecule has 1 heterocycles. The van der Waals surface area contributed by atoms with Crippen LogP contribution in [0, 0.1) is 10.1 Å². The topological polar surface area (TPSA) is 99.0 Å². The predicted octanol–water partition coefficient (Wildman–Crippen LogP) is 3.27. The first-order valence-corrected chi connectivity index (χ1v) is 9.45. The highest BCUT2D eigenvalue weighted by Gasteiger charge is 2.30. The molecule has 152 valence electrons. The van der Waals surface area contributed by atoms with E-state index in [-0.39, 0.29) is 17.3 Å². The van der Waals surface area contributed by atoms with Crippen LogP contribution in [0.25, 0.3) is 0 Å². The maximum absolute atomic E-state index is 13.0. The van der Waals surface area contributed by atoms with E-state index < -0.39 is 23.6 Å². The normalized spacial score (nSPS) is 14.7. The molecular formula is C21H22N2O6. The van der Waals surface area contributed by atoms with Crippen molar-refractivity contribution in [2.75, 3.05) is 19.7 Å². The number of nitro groups is 1. The molecule has 1 aliphatic rings. The van der Waals surface area contributed by atoms with Crippen LogP contribution < -0.4 is 4.74 Å². The molecule has 1 fully saturated rings. The Labute approximate surface area is 168 Å². The number of esters is 1. The number of carbonyl (C=O) groups is 2. The number of hydrogen-bond donors (Lipinski definition) is 0. The molecule has 0 saturated carbocycles. The summed E-state index contributed by atoms with van der Waals surface area (Å²) in [6, 6.07) is 14.6. The van der Waals surface area contributed by atoms with Crippen molar-refractivity contribution in [3.63, 3.8) is 0 Å². The zero-order valence-electron chi connectivity index (χ0n) is 15.9. The number of benzene rings is 2. The molecule has 8 heteroatoms. The zero-order valence-corrected chi connectivity index (χ0v) is 15.9. The third-order valence-electron chi connectivity index (χ3n) is 4.65. The second kappa shape index (κ2) is 9.68. The molecule has 2 aromatic rings. The van der Waals surface area contributed by atoms with Gasteiger partial charge in [0.2, 0.25) is 6.10 Å². The standard InChI is InChI=1S/C21H22N2O6/c24-19(15-28-18-12-6-5-11-17(18)23(26)27)29-20(16-9-3-1-4-10-16)21(25)22-13-7-2-8-14-22/h1,3-6,9-12,20H,2,7-8,13-15H2. The molecule has 3 rings (SSSR count). The smallest absolute Gasteiger partial charge is 0.345 e. The lowest BCUT2D eigenvalue weighted by Gasteiger charge is -2.30. The van der Waals surface area contributed by atoms with E-state index in [1.807, 2.05) is 6.07 Å². The number of para-hydroxylation sites is 2. The van der Waals surface area contributed by atoms with Crippen LogP contribution >= 0.6 is 0 Å². The van der Waals surface area contributed by atoms with Gasteiger partial charge in [-0.05, 0) is 25.3 Å². The SMILES string of the molecule is O=C(COc1ccccc1[N+](=O)[O-])OC(C(=O)N1CCCCC1)c1ccccc1. The summed E-state index contributed by atoms with van der Waals surface area (Å²) < 4.78 is 10.7. The fourth-order valence-corrected chi connectivity index (χ4v) is 3.20. The van der Waals surface area contributed by atoms with Gasteiger partial charge in [0.15, 0.2) is 12.4 Å². The van der Waals surface area contributed by atoms with Gasteiger partial charge in [0, 0.05) is 24.7 Å². The van der Waals surface area contributed by atoms with E-state index >= 15 is 0 Å². The van der Waals surface area contributed by atoms with Crippen molar-refractivity contribution in [2.24, 2.45) is 0 Å². The highest BCUT2D eigenvalue weighted by molar-refractivity contribution is 5.85. The number of nitrogens with zero attached hydrogens (tertiary/aromatic N) is 2. The molecule has 0 spiro atoms. The number of carbonyl (C=O) groups excluding carboxylic acids is 2. The van der Waals surface area contributed by atoms with Gasteiger partial charge in [-0.15, -0.1) is 0 Å². The summed E-state index contributed by atoms with van der Waals surface area (Å²) in [6.45, 7) is 0.723. The highest BCUT2D eigenvalue weighted by Crippen LogP contribution is 2.26. The van der Waals surface area contributed by atoms with E-state index in [1.165, 1.54) is 18.2 Å². The summed E-state index contributed by atoms with van der Waals surface area (Å²) >= 11 is 0. The Hall–Kier alpha value is -3.42. The first-order chi connectivity index (χ1) is 14.1. The van der Waals surface area contributed by atoms with E-state index in [1.54, 1.807) is 35.2 Å². The molecule has 0 N–H and O–H groups in total. The number of amides is 1. The van der Waals surface area contributed by atoms with Crippen LogP contribution in [0.1, 0.15) is 30.9 Å². The van der Waals surface area contributed by atoms with E-state index in [0.29, 0.717) is 18.7 Å². The van der Waals surface area contributed by atoms with Gasteiger partial charge in [0.05, 0.1) is 4.92 Å². The van der Waals surface area contributed by atoms with Gasteiger partial charge in [-0.2, -0.15) is 0 Å². The first-order valence-electron chi connectivity index (χ1n) is 9.45. The molecule has 1 saturated heterocycles. The number of rotatable bonds is 7.